The Labute approximate surface area is 47.7 Å². The normalized spacial score (nSPS) is 4.80. The molecular weight excluding hydrogens is 269 g/mol. The predicted molar refractivity (Wildman–Crippen MR) is 20.6 cm³/mol. The van der Waals surface area contributed by atoms with Crippen LogP contribution in [0, 0.1) is 0 Å². The van der Waals surface area contributed by atoms with Gasteiger partial charge in [-0.1, -0.05) is 0 Å². The average Bonchev–Trinajstić information content (AvgIpc) is 0.811. The number of hydrogen-bond donors (Lipinski definition) is 2. The van der Waals surface area contributed by atoms with Gasteiger partial charge in [0.05, 0.1) is 0 Å². The summed E-state index contributed by atoms with van der Waals surface area (Å²) in [4.78, 5) is 8.56. The molecule has 0 aliphatic rings. The van der Waals surface area contributed by atoms with Gasteiger partial charge in [-0.3, -0.25) is 0 Å². The first-order chi connectivity index (χ1) is 1.73. The van der Waals surface area contributed by atoms with E-state index in [9.17, 15) is 0 Å². The van der Waals surface area contributed by atoms with E-state index >= 15 is 0 Å². The molecule has 0 aromatic heterocycles. The van der Waals surface area contributed by atoms with E-state index in [1.807, 2.05) is 0 Å². The summed E-state index contributed by atoms with van der Waals surface area (Å²) in [7, 11) is 0. The summed E-state index contributed by atoms with van der Waals surface area (Å²) in [5.74, 6) is 0. The predicted octanol–water partition coefficient (Wildman–Crippen LogP) is -0.962. The summed E-state index contributed by atoms with van der Waals surface area (Å²) in [6, 6.07) is 0. The Morgan fingerprint density at radius 1 is 1.40 bits per heavy atom. The minimum absolute atomic E-state index is 0. The first kappa shape index (κ1) is 8.94. The van der Waals surface area contributed by atoms with Crippen molar-refractivity contribution in [1.29, 1.82) is 0 Å². The van der Waals surface area contributed by atoms with E-state index in [-0.39, 0.29) is 26.2 Å². The van der Waals surface area contributed by atoms with Crippen molar-refractivity contribution in [2.24, 2.45) is 0 Å². The van der Waals surface area contributed by atoms with Crippen molar-refractivity contribution in [2.45, 2.75) is 0 Å². The van der Waals surface area contributed by atoms with Crippen LogP contribution in [0.25, 0.3) is 0 Å². The number of carboxylic acid groups (broad SMARTS) is 2. The van der Waals surface area contributed by atoms with Crippen molar-refractivity contribution in [2.75, 3.05) is 0 Å². The van der Waals surface area contributed by atoms with Crippen LogP contribution < -0.4 is 0 Å². The van der Waals surface area contributed by atoms with Gasteiger partial charge < -0.3 is 10.2 Å². The summed E-state index contributed by atoms with van der Waals surface area (Å²) < 4.78 is 0. The van der Waals surface area contributed by atoms with Gasteiger partial charge in [0.25, 0.3) is 0 Å². The fourth-order valence-electron chi connectivity index (χ4n) is 0. The monoisotopic (exact) mass is 274 g/mol. The van der Waals surface area contributed by atoms with E-state index in [0.717, 1.165) is 0 Å². The van der Waals surface area contributed by atoms with E-state index in [4.69, 9.17) is 15.0 Å². The van der Waals surface area contributed by atoms with Crippen LogP contribution in [0.3, 0.4) is 0 Å². The standard InChI is InChI=1S/CH2O3.Bi.3H/c2-1(3)4;;;;/h(H2,2,3,4);;;;. The zero-order valence-corrected chi connectivity index (χ0v) is 8.01. The Kier molecular flexibility index (Phi) is 7.43. The van der Waals surface area contributed by atoms with Crippen molar-refractivity contribution >= 4 is 32.4 Å². The molecule has 5 heavy (non-hydrogen) atoms. The first-order valence-corrected chi connectivity index (χ1v) is 0.651. The van der Waals surface area contributed by atoms with Gasteiger partial charge >= 0.3 is 32.4 Å². The molecule has 0 saturated carbocycles. The Hall–Kier alpha value is 0.153. The van der Waals surface area contributed by atoms with Crippen LogP contribution in [-0.4, -0.2) is 42.6 Å². The molecule has 4 heteroatoms. The van der Waals surface area contributed by atoms with E-state index in [1.165, 1.54) is 0 Å². The molecule has 0 rings (SSSR count). The second-order valence-corrected chi connectivity index (χ2v) is 0.283. The van der Waals surface area contributed by atoms with Crippen LogP contribution in [0.4, 0.5) is 4.79 Å². The van der Waals surface area contributed by atoms with Gasteiger partial charge in [-0.05, 0) is 0 Å². The maximum atomic E-state index is 8.56. The third kappa shape index (κ3) is 821. The van der Waals surface area contributed by atoms with Crippen molar-refractivity contribution in [3.63, 3.8) is 0 Å². The van der Waals surface area contributed by atoms with E-state index in [2.05, 4.69) is 0 Å². The van der Waals surface area contributed by atoms with Gasteiger partial charge in [-0.15, -0.1) is 0 Å². The van der Waals surface area contributed by atoms with Gasteiger partial charge in [0.15, 0.2) is 0 Å². The van der Waals surface area contributed by atoms with Gasteiger partial charge in [0.2, 0.25) is 0 Å². The molecule has 0 spiro atoms. The van der Waals surface area contributed by atoms with Crippen LogP contribution in [0.1, 0.15) is 0 Å². The Morgan fingerprint density at radius 3 is 1.40 bits per heavy atom. The van der Waals surface area contributed by atoms with Crippen molar-refractivity contribution in [3.05, 3.63) is 0 Å². The summed E-state index contributed by atoms with van der Waals surface area (Å²) >= 11 is 0. The fraction of sp³-hybridized carbons (Fsp3) is 0. The van der Waals surface area contributed by atoms with Gasteiger partial charge in [-0.25, -0.2) is 4.79 Å². The van der Waals surface area contributed by atoms with E-state index in [1.54, 1.807) is 0 Å². The molecule has 32 valence electrons. The summed E-state index contributed by atoms with van der Waals surface area (Å²) in [6.07, 6.45) is -1.83. The van der Waals surface area contributed by atoms with E-state index < -0.39 is 6.16 Å². The van der Waals surface area contributed by atoms with Crippen LogP contribution in [0.15, 0.2) is 0 Å². The van der Waals surface area contributed by atoms with Crippen molar-refractivity contribution in [3.8, 4) is 0 Å². The summed E-state index contributed by atoms with van der Waals surface area (Å²) in [6.45, 7) is 0. The Balaban J connectivity index is 0. The molecule has 0 fully saturated rings. The third-order valence-electron chi connectivity index (χ3n) is 0. The van der Waals surface area contributed by atoms with Crippen LogP contribution >= 0.6 is 0 Å². The topological polar surface area (TPSA) is 57.5 Å². The molecule has 3 nitrogen and oxygen atoms in total. The quantitative estimate of drug-likeness (QED) is 0.559. The minimum atomic E-state index is -1.83. The maximum absolute atomic E-state index is 8.56. The molecule has 0 aliphatic heterocycles. The summed E-state index contributed by atoms with van der Waals surface area (Å²) in [5.41, 5.74) is 0. The van der Waals surface area contributed by atoms with Crippen LogP contribution in [0.5, 0.6) is 0 Å². The summed E-state index contributed by atoms with van der Waals surface area (Å²) in [5, 5.41) is 13.9. The average molecular weight is 274 g/mol. The number of rotatable bonds is 0. The molecule has 0 amide bonds. The molecule has 0 atom stereocenters. The fourth-order valence-corrected chi connectivity index (χ4v) is 0. The molecule has 0 aromatic rings. The molecule has 0 unspecified atom stereocenters. The first-order valence-electron chi connectivity index (χ1n) is 0.651. The van der Waals surface area contributed by atoms with Gasteiger partial charge in [0, 0.05) is 0 Å². The Morgan fingerprint density at radius 2 is 1.40 bits per heavy atom. The second-order valence-electron chi connectivity index (χ2n) is 0.283. The molecule has 0 aliphatic carbocycles. The number of carbonyl (C=O) groups is 1. The number of hydrogen-bond acceptors (Lipinski definition) is 1. The third-order valence-corrected chi connectivity index (χ3v) is 0. The molecule has 0 heterocycles. The van der Waals surface area contributed by atoms with E-state index in [0.29, 0.717) is 0 Å². The van der Waals surface area contributed by atoms with Gasteiger partial charge in [-0.2, -0.15) is 0 Å². The zero-order chi connectivity index (χ0) is 3.58. The molecule has 0 saturated heterocycles. The molecule has 2 N–H and O–H groups in total. The van der Waals surface area contributed by atoms with Crippen molar-refractivity contribution in [1.82, 2.24) is 0 Å². The molecule has 0 bridgehead atoms. The second kappa shape index (κ2) is 4.15. The SMILES string of the molecule is O=C(O)O.[BiH3]. The van der Waals surface area contributed by atoms with Gasteiger partial charge in [0.1, 0.15) is 0 Å². The van der Waals surface area contributed by atoms with Crippen LogP contribution in [-0.2, 0) is 0 Å². The molecule has 0 aromatic carbocycles. The van der Waals surface area contributed by atoms with Crippen molar-refractivity contribution < 1.29 is 15.0 Å². The zero-order valence-electron chi connectivity index (χ0n) is 2.51. The molecule has 0 radical (unpaired) electrons. The Bertz CT molecular complexity index is 29.9. The van der Waals surface area contributed by atoms with Crippen LogP contribution in [0.2, 0.25) is 0 Å². The molecular formula is CH5BiO3.